The SMILES string of the molecule is O=C(NC(=S)Nc1ccc(Cl)cc1C(F)(F)F)c1ccc(-c2ccc(Cl)cc2Cl)o1. The molecule has 0 aliphatic carbocycles. The number of benzene rings is 2. The molecule has 0 aliphatic heterocycles. The zero-order valence-corrected chi connectivity index (χ0v) is 17.7. The number of nitrogens with one attached hydrogen (secondary N) is 2. The molecule has 0 atom stereocenters. The van der Waals surface area contributed by atoms with Crippen LogP contribution in [0.5, 0.6) is 0 Å². The summed E-state index contributed by atoms with van der Waals surface area (Å²) in [6, 6.07) is 10.8. The van der Waals surface area contributed by atoms with Crippen LogP contribution in [0, 0.1) is 0 Å². The monoisotopic (exact) mass is 492 g/mol. The van der Waals surface area contributed by atoms with E-state index < -0.39 is 17.6 Å². The molecule has 0 fully saturated rings. The molecule has 2 N–H and O–H groups in total. The fourth-order valence-electron chi connectivity index (χ4n) is 2.47. The Morgan fingerprint density at radius 2 is 1.63 bits per heavy atom. The third-order valence-electron chi connectivity index (χ3n) is 3.79. The number of hydrogen-bond acceptors (Lipinski definition) is 3. The van der Waals surface area contributed by atoms with Gasteiger partial charge < -0.3 is 9.73 Å². The topological polar surface area (TPSA) is 54.3 Å². The first-order chi connectivity index (χ1) is 14.0. The van der Waals surface area contributed by atoms with Crippen LogP contribution in [0.25, 0.3) is 11.3 Å². The predicted octanol–water partition coefficient (Wildman–Crippen LogP) is 7.05. The van der Waals surface area contributed by atoms with Crippen molar-refractivity contribution in [1.82, 2.24) is 5.32 Å². The summed E-state index contributed by atoms with van der Waals surface area (Å²) < 4.78 is 45.0. The van der Waals surface area contributed by atoms with Crippen LogP contribution in [0.2, 0.25) is 15.1 Å². The molecule has 1 aromatic heterocycles. The van der Waals surface area contributed by atoms with Crippen LogP contribution >= 0.6 is 47.0 Å². The number of carbonyl (C=O) groups excluding carboxylic acids is 1. The van der Waals surface area contributed by atoms with Crippen molar-refractivity contribution in [3.05, 3.63) is 74.9 Å². The van der Waals surface area contributed by atoms with E-state index in [1.54, 1.807) is 12.1 Å². The smallest absolute Gasteiger partial charge is 0.418 e. The molecular weight excluding hydrogens is 484 g/mol. The fourth-order valence-corrected chi connectivity index (χ4v) is 3.35. The molecule has 0 radical (unpaired) electrons. The molecule has 3 aromatic rings. The van der Waals surface area contributed by atoms with Gasteiger partial charge in [0.2, 0.25) is 0 Å². The van der Waals surface area contributed by atoms with E-state index in [1.165, 1.54) is 24.3 Å². The zero-order chi connectivity index (χ0) is 22.1. The van der Waals surface area contributed by atoms with Crippen molar-refractivity contribution in [3.63, 3.8) is 0 Å². The summed E-state index contributed by atoms with van der Waals surface area (Å²) >= 11 is 22.5. The predicted molar refractivity (Wildman–Crippen MR) is 114 cm³/mol. The van der Waals surface area contributed by atoms with Crippen LogP contribution < -0.4 is 10.6 Å². The van der Waals surface area contributed by atoms with Gasteiger partial charge in [-0.3, -0.25) is 10.1 Å². The van der Waals surface area contributed by atoms with Crippen LogP contribution in [0.4, 0.5) is 18.9 Å². The van der Waals surface area contributed by atoms with Gasteiger partial charge in [0.25, 0.3) is 5.91 Å². The van der Waals surface area contributed by atoms with Gasteiger partial charge in [-0.1, -0.05) is 34.8 Å². The summed E-state index contributed by atoms with van der Waals surface area (Å²) in [6.07, 6.45) is -4.67. The van der Waals surface area contributed by atoms with Crippen molar-refractivity contribution >= 4 is 63.7 Å². The van der Waals surface area contributed by atoms with Gasteiger partial charge in [0.05, 0.1) is 16.3 Å². The molecule has 0 bridgehead atoms. The van der Waals surface area contributed by atoms with Crippen molar-refractivity contribution < 1.29 is 22.4 Å². The van der Waals surface area contributed by atoms with Gasteiger partial charge in [-0.25, -0.2) is 0 Å². The van der Waals surface area contributed by atoms with Crippen LogP contribution in [0.15, 0.2) is 52.9 Å². The Hall–Kier alpha value is -2.26. The molecule has 3 rings (SSSR count). The minimum Gasteiger partial charge on any atom is -0.451 e. The summed E-state index contributed by atoms with van der Waals surface area (Å²) in [5, 5.41) is 4.92. The molecule has 0 aliphatic rings. The Labute approximate surface area is 188 Å². The molecule has 0 spiro atoms. The molecule has 0 saturated heterocycles. The van der Waals surface area contributed by atoms with Crippen LogP contribution in [-0.2, 0) is 6.18 Å². The number of furan rings is 1. The number of amides is 1. The van der Waals surface area contributed by atoms with Gasteiger partial charge in [0.1, 0.15) is 5.76 Å². The van der Waals surface area contributed by atoms with Crippen molar-refractivity contribution in [3.8, 4) is 11.3 Å². The molecule has 2 aromatic carbocycles. The number of anilines is 1. The second-order valence-corrected chi connectivity index (χ2v) is 7.57. The lowest BCUT2D eigenvalue weighted by molar-refractivity contribution is -0.136. The molecule has 0 unspecified atom stereocenters. The standard InChI is InChI=1S/C19H10Cl3F3N2O2S/c20-9-2-4-14(12(7-9)19(23,24)25)26-18(30)27-17(28)16-6-5-15(29-16)11-3-1-10(21)8-13(11)22/h1-8H,(H2,26,27,28,30). The molecule has 4 nitrogen and oxygen atoms in total. The van der Waals surface area contributed by atoms with Crippen molar-refractivity contribution in [2.45, 2.75) is 6.18 Å². The van der Waals surface area contributed by atoms with Gasteiger partial charge >= 0.3 is 6.18 Å². The number of hydrogen-bond donors (Lipinski definition) is 2. The minimum absolute atomic E-state index is 0.0909. The first-order valence-electron chi connectivity index (χ1n) is 8.09. The zero-order valence-electron chi connectivity index (χ0n) is 14.6. The lowest BCUT2D eigenvalue weighted by Gasteiger charge is -2.15. The van der Waals surface area contributed by atoms with Gasteiger partial charge in [0.15, 0.2) is 10.9 Å². The Kier molecular flexibility index (Phi) is 6.62. The van der Waals surface area contributed by atoms with E-state index in [1.807, 2.05) is 0 Å². The van der Waals surface area contributed by atoms with E-state index in [-0.39, 0.29) is 21.6 Å². The molecule has 0 saturated carbocycles. The quantitative estimate of drug-likeness (QED) is 0.384. The molecule has 1 amide bonds. The van der Waals surface area contributed by atoms with E-state index in [0.29, 0.717) is 21.4 Å². The second-order valence-electron chi connectivity index (χ2n) is 5.88. The summed E-state index contributed by atoms with van der Waals surface area (Å²) in [5.74, 6) is -0.573. The summed E-state index contributed by atoms with van der Waals surface area (Å²) in [7, 11) is 0. The number of alkyl halides is 3. The van der Waals surface area contributed by atoms with Gasteiger partial charge in [-0.2, -0.15) is 13.2 Å². The van der Waals surface area contributed by atoms with Crippen molar-refractivity contribution in [1.29, 1.82) is 0 Å². The Balaban J connectivity index is 1.73. The third kappa shape index (κ3) is 5.26. The highest BCUT2D eigenvalue weighted by Gasteiger charge is 2.34. The molecular formula is C19H10Cl3F3N2O2S. The van der Waals surface area contributed by atoms with Gasteiger partial charge in [0, 0.05) is 15.6 Å². The van der Waals surface area contributed by atoms with E-state index in [2.05, 4.69) is 10.6 Å². The van der Waals surface area contributed by atoms with Gasteiger partial charge in [-0.05, 0) is 60.7 Å². The fraction of sp³-hybridized carbons (Fsp3) is 0.0526. The number of rotatable bonds is 3. The average molecular weight is 494 g/mol. The van der Waals surface area contributed by atoms with E-state index in [4.69, 9.17) is 51.4 Å². The van der Waals surface area contributed by atoms with Crippen molar-refractivity contribution in [2.75, 3.05) is 5.32 Å². The van der Waals surface area contributed by atoms with Crippen LogP contribution in [0.3, 0.4) is 0 Å². The Morgan fingerprint density at radius 1 is 0.967 bits per heavy atom. The van der Waals surface area contributed by atoms with E-state index in [9.17, 15) is 18.0 Å². The maximum atomic E-state index is 13.2. The lowest BCUT2D eigenvalue weighted by Crippen LogP contribution is -2.34. The highest BCUT2D eigenvalue weighted by atomic mass is 35.5. The van der Waals surface area contributed by atoms with E-state index >= 15 is 0 Å². The minimum atomic E-state index is -4.67. The highest BCUT2D eigenvalue weighted by Crippen LogP contribution is 2.36. The van der Waals surface area contributed by atoms with Crippen molar-refractivity contribution in [2.24, 2.45) is 0 Å². The molecule has 156 valence electrons. The maximum Gasteiger partial charge on any atom is 0.418 e. The summed E-state index contributed by atoms with van der Waals surface area (Å²) in [6.45, 7) is 0. The average Bonchev–Trinajstić information content (AvgIpc) is 3.12. The first kappa shape index (κ1) is 22.4. The molecule has 30 heavy (non-hydrogen) atoms. The lowest BCUT2D eigenvalue weighted by atomic mass is 10.1. The maximum absolute atomic E-state index is 13.2. The highest BCUT2D eigenvalue weighted by molar-refractivity contribution is 7.80. The van der Waals surface area contributed by atoms with Crippen LogP contribution in [-0.4, -0.2) is 11.0 Å². The van der Waals surface area contributed by atoms with Gasteiger partial charge in [-0.15, -0.1) is 0 Å². The largest absolute Gasteiger partial charge is 0.451 e. The molecule has 11 heteroatoms. The van der Waals surface area contributed by atoms with E-state index in [0.717, 1.165) is 12.1 Å². The summed E-state index contributed by atoms with van der Waals surface area (Å²) in [4.78, 5) is 12.3. The normalized spacial score (nSPS) is 11.3. The third-order valence-corrected chi connectivity index (χ3v) is 4.78. The second kappa shape index (κ2) is 8.85. The van der Waals surface area contributed by atoms with Crippen LogP contribution in [0.1, 0.15) is 16.1 Å². The first-order valence-corrected chi connectivity index (χ1v) is 9.63. The Bertz CT molecular complexity index is 1130. The number of thiocarbonyl (C=S) groups is 1. The summed E-state index contributed by atoms with van der Waals surface area (Å²) in [5.41, 5.74) is -0.869. The Morgan fingerprint density at radius 3 is 2.30 bits per heavy atom. The number of halogens is 6. The molecule has 1 heterocycles. The number of carbonyl (C=O) groups is 1.